The molecule has 1 fully saturated rings. The zero-order valence-corrected chi connectivity index (χ0v) is 7.81. The second-order valence-corrected chi connectivity index (χ2v) is 4.17. The predicted molar refractivity (Wildman–Crippen MR) is 51.4 cm³/mol. The quantitative estimate of drug-likeness (QED) is 0.707. The highest BCUT2D eigenvalue weighted by molar-refractivity contribution is 6.30. The van der Waals surface area contributed by atoms with E-state index in [0.717, 1.165) is 11.4 Å². The molecule has 1 nitrogen and oxygen atoms in total. The van der Waals surface area contributed by atoms with Gasteiger partial charge >= 0.3 is 0 Å². The molecular weight excluding hydrogens is 170 g/mol. The Morgan fingerprint density at radius 3 is 2.33 bits per heavy atom. The lowest BCUT2D eigenvalue weighted by Gasteiger charge is -2.09. The second-order valence-electron chi connectivity index (χ2n) is 3.73. The van der Waals surface area contributed by atoms with Crippen molar-refractivity contribution in [3.05, 3.63) is 34.9 Å². The molecule has 1 saturated carbocycles. The molecule has 2 atom stereocenters. The predicted octanol–water partition coefficient (Wildman–Crippen LogP) is 2.33. The Labute approximate surface area is 77.5 Å². The summed E-state index contributed by atoms with van der Waals surface area (Å²) in [4.78, 5) is 0. The summed E-state index contributed by atoms with van der Waals surface area (Å²) in [5.41, 5.74) is 7.36. The Bertz CT molecular complexity index is 293. The van der Waals surface area contributed by atoms with Gasteiger partial charge in [-0.2, -0.15) is 0 Å². The van der Waals surface area contributed by atoms with E-state index in [-0.39, 0.29) is 5.41 Å². The first-order valence-electron chi connectivity index (χ1n) is 4.14. The van der Waals surface area contributed by atoms with E-state index in [4.69, 9.17) is 17.3 Å². The minimum atomic E-state index is 0.213. The molecular formula is C10H12ClN. The summed E-state index contributed by atoms with van der Waals surface area (Å²) in [6.45, 7) is 2.20. The molecule has 0 amide bonds. The van der Waals surface area contributed by atoms with Gasteiger partial charge in [-0.05, 0) is 24.1 Å². The van der Waals surface area contributed by atoms with Crippen LogP contribution in [0.3, 0.4) is 0 Å². The fourth-order valence-corrected chi connectivity index (χ4v) is 1.69. The molecule has 2 rings (SSSR count). The maximum absolute atomic E-state index is 5.84. The average Bonchev–Trinajstić information content (AvgIpc) is 2.62. The van der Waals surface area contributed by atoms with E-state index in [1.807, 2.05) is 12.1 Å². The Morgan fingerprint density at radius 2 is 1.92 bits per heavy atom. The van der Waals surface area contributed by atoms with Gasteiger partial charge in [-0.15, -0.1) is 0 Å². The summed E-state index contributed by atoms with van der Waals surface area (Å²) in [6, 6.07) is 8.31. The molecule has 0 saturated heterocycles. The molecule has 2 heteroatoms. The summed E-state index contributed by atoms with van der Waals surface area (Å²) in [5.74, 6) is 0. The number of hydrogen-bond donors (Lipinski definition) is 1. The van der Waals surface area contributed by atoms with Crippen molar-refractivity contribution in [2.45, 2.75) is 24.8 Å². The van der Waals surface area contributed by atoms with Gasteiger partial charge in [-0.1, -0.05) is 30.7 Å². The lowest BCUT2D eigenvalue weighted by Crippen LogP contribution is -2.14. The van der Waals surface area contributed by atoms with Crippen molar-refractivity contribution in [3.63, 3.8) is 0 Å². The van der Waals surface area contributed by atoms with Gasteiger partial charge < -0.3 is 5.73 Å². The van der Waals surface area contributed by atoms with Gasteiger partial charge in [-0.3, -0.25) is 0 Å². The molecule has 64 valence electrons. The molecule has 1 aliphatic carbocycles. The van der Waals surface area contributed by atoms with E-state index in [9.17, 15) is 0 Å². The first kappa shape index (κ1) is 8.09. The first-order chi connectivity index (χ1) is 5.63. The molecule has 12 heavy (non-hydrogen) atoms. The normalized spacial score (nSPS) is 33.4. The molecule has 0 aliphatic heterocycles. The number of nitrogens with two attached hydrogens (primary N) is 1. The van der Waals surface area contributed by atoms with Gasteiger partial charge in [0.1, 0.15) is 0 Å². The molecule has 2 N–H and O–H groups in total. The molecule has 0 bridgehead atoms. The molecule has 0 radical (unpaired) electrons. The van der Waals surface area contributed by atoms with E-state index in [1.165, 1.54) is 5.56 Å². The SMILES string of the molecule is C[C@]1(c2ccc(Cl)cc2)C[C@@H]1N. The van der Waals surface area contributed by atoms with Crippen LogP contribution < -0.4 is 5.73 Å². The van der Waals surface area contributed by atoms with E-state index in [2.05, 4.69) is 19.1 Å². The van der Waals surface area contributed by atoms with Crippen molar-refractivity contribution in [2.24, 2.45) is 5.73 Å². The maximum Gasteiger partial charge on any atom is 0.0406 e. The highest BCUT2D eigenvalue weighted by Gasteiger charge is 2.48. The standard InChI is InChI=1S/C10H12ClN/c1-10(6-9(10)12)7-2-4-8(11)5-3-7/h2-5,9H,6,12H2,1H3/t9-,10+/m0/s1. The molecule has 0 unspecified atom stereocenters. The number of hydrogen-bond acceptors (Lipinski definition) is 1. The first-order valence-corrected chi connectivity index (χ1v) is 4.52. The third-order valence-corrected chi connectivity index (χ3v) is 3.06. The molecule has 0 spiro atoms. The van der Waals surface area contributed by atoms with Gasteiger partial charge in [0, 0.05) is 16.5 Å². The lowest BCUT2D eigenvalue weighted by molar-refractivity contribution is 0.741. The summed E-state index contributed by atoms with van der Waals surface area (Å²) in [5, 5.41) is 0.788. The van der Waals surface area contributed by atoms with Crippen molar-refractivity contribution in [2.75, 3.05) is 0 Å². The fourth-order valence-electron chi connectivity index (χ4n) is 1.56. The van der Waals surface area contributed by atoms with Crippen LogP contribution in [0.1, 0.15) is 18.9 Å². The Balaban J connectivity index is 2.31. The summed E-state index contributed by atoms with van der Waals surface area (Å²) in [6.07, 6.45) is 1.09. The maximum atomic E-state index is 5.84. The van der Waals surface area contributed by atoms with E-state index in [1.54, 1.807) is 0 Å². The minimum Gasteiger partial charge on any atom is -0.327 e. The zero-order valence-electron chi connectivity index (χ0n) is 7.05. The van der Waals surface area contributed by atoms with Crippen molar-refractivity contribution in [1.82, 2.24) is 0 Å². The van der Waals surface area contributed by atoms with E-state index < -0.39 is 0 Å². The number of halogens is 1. The van der Waals surface area contributed by atoms with Crippen LogP contribution in [0, 0.1) is 0 Å². The van der Waals surface area contributed by atoms with Crippen LogP contribution >= 0.6 is 11.6 Å². The molecule has 1 aromatic rings. The van der Waals surface area contributed by atoms with Gasteiger partial charge in [0.25, 0.3) is 0 Å². The third kappa shape index (κ3) is 1.13. The van der Waals surface area contributed by atoms with Gasteiger partial charge in [0.2, 0.25) is 0 Å². The Hall–Kier alpha value is -0.530. The summed E-state index contributed by atoms with van der Waals surface area (Å²) in [7, 11) is 0. The van der Waals surface area contributed by atoms with E-state index >= 15 is 0 Å². The lowest BCUT2D eigenvalue weighted by atomic mass is 9.98. The van der Waals surface area contributed by atoms with Gasteiger partial charge in [-0.25, -0.2) is 0 Å². The van der Waals surface area contributed by atoms with Crippen LogP contribution in [-0.4, -0.2) is 6.04 Å². The monoisotopic (exact) mass is 181 g/mol. The van der Waals surface area contributed by atoms with Crippen LogP contribution in [-0.2, 0) is 5.41 Å². The largest absolute Gasteiger partial charge is 0.327 e. The molecule has 1 aliphatic rings. The van der Waals surface area contributed by atoms with Crippen LogP contribution in [0.4, 0.5) is 0 Å². The van der Waals surface area contributed by atoms with Crippen LogP contribution in [0.25, 0.3) is 0 Å². The van der Waals surface area contributed by atoms with Gasteiger partial charge in [0.15, 0.2) is 0 Å². The summed E-state index contributed by atoms with van der Waals surface area (Å²) >= 11 is 5.79. The number of rotatable bonds is 1. The molecule has 1 aromatic carbocycles. The van der Waals surface area contributed by atoms with Crippen LogP contribution in [0.15, 0.2) is 24.3 Å². The minimum absolute atomic E-state index is 0.213. The summed E-state index contributed by atoms with van der Waals surface area (Å²) < 4.78 is 0. The number of benzene rings is 1. The van der Waals surface area contributed by atoms with Crippen molar-refractivity contribution >= 4 is 11.6 Å². The van der Waals surface area contributed by atoms with Crippen molar-refractivity contribution in [1.29, 1.82) is 0 Å². The Morgan fingerprint density at radius 1 is 1.42 bits per heavy atom. The topological polar surface area (TPSA) is 26.0 Å². The highest BCUT2D eigenvalue weighted by Crippen LogP contribution is 2.46. The zero-order chi connectivity index (χ0) is 8.77. The second kappa shape index (κ2) is 2.48. The average molecular weight is 182 g/mol. The molecule has 0 heterocycles. The third-order valence-electron chi connectivity index (χ3n) is 2.81. The van der Waals surface area contributed by atoms with Crippen molar-refractivity contribution in [3.8, 4) is 0 Å². The van der Waals surface area contributed by atoms with Crippen LogP contribution in [0.2, 0.25) is 5.02 Å². The smallest absolute Gasteiger partial charge is 0.0406 e. The van der Waals surface area contributed by atoms with Crippen molar-refractivity contribution < 1.29 is 0 Å². The van der Waals surface area contributed by atoms with Crippen LogP contribution in [0.5, 0.6) is 0 Å². The fraction of sp³-hybridized carbons (Fsp3) is 0.400. The van der Waals surface area contributed by atoms with Gasteiger partial charge in [0.05, 0.1) is 0 Å². The Kier molecular flexibility index (Phi) is 1.67. The van der Waals surface area contributed by atoms with E-state index in [0.29, 0.717) is 6.04 Å². The highest BCUT2D eigenvalue weighted by atomic mass is 35.5. The molecule has 0 aromatic heterocycles.